The predicted octanol–water partition coefficient (Wildman–Crippen LogP) is 2.40. The third kappa shape index (κ3) is 5.18. The first-order chi connectivity index (χ1) is 9.90. The van der Waals surface area contributed by atoms with Crippen molar-refractivity contribution in [2.24, 2.45) is 0 Å². The number of aliphatic hydroxyl groups is 2. The van der Waals surface area contributed by atoms with Gasteiger partial charge < -0.3 is 15.5 Å². The minimum Gasteiger partial charge on any atom is -0.394 e. The highest BCUT2D eigenvalue weighted by atomic mass is 32.2. The van der Waals surface area contributed by atoms with Crippen molar-refractivity contribution in [2.75, 3.05) is 12.4 Å². The number of nitrogens with one attached hydrogen (secondary N) is 1. The molecule has 118 valence electrons. The molecule has 0 heterocycles. The quantitative estimate of drug-likeness (QED) is 0.675. The van der Waals surface area contributed by atoms with Gasteiger partial charge in [-0.2, -0.15) is 13.2 Å². The third-order valence-electron chi connectivity index (χ3n) is 3.20. The van der Waals surface area contributed by atoms with E-state index in [2.05, 4.69) is 5.32 Å². The maximum atomic E-state index is 13.1. The summed E-state index contributed by atoms with van der Waals surface area (Å²) in [5, 5.41) is 21.1. The van der Waals surface area contributed by atoms with Crippen molar-refractivity contribution in [3.63, 3.8) is 0 Å². The predicted molar refractivity (Wildman–Crippen MR) is 75.1 cm³/mol. The lowest BCUT2D eigenvalue weighted by molar-refractivity contribution is -0.138. The molecular weight excluding hydrogens is 303 g/mol. The van der Waals surface area contributed by atoms with Crippen molar-refractivity contribution in [3.05, 3.63) is 29.3 Å². The molecule has 21 heavy (non-hydrogen) atoms. The topological polar surface area (TPSA) is 52.5 Å². The summed E-state index contributed by atoms with van der Waals surface area (Å²) in [5.74, 6) is 0.160. The average molecular weight is 321 g/mol. The second-order valence-electron chi connectivity index (χ2n) is 5.12. The molecule has 7 heteroatoms. The van der Waals surface area contributed by atoms with Crippen LogP contribution in [0.5, 0.6) is 0 Å². The average Bonchev–Trinajstić information content (AvgIpc) is 3.26. The molecule has 1 fully saturated rings. The lowest BCUT2D eigenvalue weighted by Crippen LogP contribution is -2.19. The summed E-state index contributed by atoms with van der Waals surface area (Å²) in [6.07, 6.45) is -3.28. The maximum Gasteiger partial charge on any atom is 0.416 e. The van der Waals surface area contributed by atoms with E-state index < -0.39 is 24.5 Å². The summed E-state index contributed by atoms with van der Waals surface area (Å²) >= 11 is 1.10. The Hall–Kier alpha value is -0.760. The molecule has 1 saturated carbocycles. The number of rotatable bonds is 7. The summed E-state index contributed by atoms with van der Waals surface area (Å²) in [6.45, 7) is -0.188. The smallest absolute Gasteiger partial charge is 0.394 e. The van der Waals surface area contributed by atoms with Crippen LogP contribution in [0.2, 0.25) is 0 Å². The molecule has 0 spiro atoms. The van der Waals surface area contributed by atoms with E-state index in [0.29, 0.717) is 10.9 Å². The zero-order valence-electron chi connectivity index (χ0n) is 11.4. The summed E-state index contributed by atoms with van der Waals surface area (Å²) in [5.41, 5.74) is -0.402. The Kier molecular flexibility index (Phi) is 5.54. The van der Waals surface area contributed by atoms with Crippen LogP contribution in [0, 0.1) is 0 Å². The maximum absolute atomic E-state index is 13.1. The fourth-order valence-electron chi connectivity index (χ4n) is 1.85. The molecule has 0 amide bonds. The van der Waals surface area contributed by atoms with Crippen molar-refractivity contribution in [1.82, 2.24) is 5.32 Å². The Labute approximate surface area is 125 Å². The Morgan fingerprint density at radius 1 is 1.33 bits per heavy atom. The summed E-state index contributed by atoms with van der Waals surface area (Å²) in [4.78, 5) is 0.435. The lowest BCUT2D eigenvalue weighted by Gasteiger charge is -2.15. The van der Waals surface area contributed by atoms with Crippen LogP contribution < -0.4 is 5.32 Å². The third-order valence-corrected chi connectivity index (χ3v) is 4.34. The molecular formula is C14H18F3NO2S. The normalized spacial score (nSPS) is 17.0. The van der Waals surface area contributed by atoms with Gasteiger partial charge in [-0.25, -0.2) is 0 Å². The van der Waals surface area contributed by atoms with E-state index >= 15 is 0 Å². The molecule has 1 atom stereocenters. The van der Waals surface area contributed by atoms with Crippen LogP contribution in [0.1, 0.15) is 24.0 Å². The van der Waals surface area contributed by atoms with Gasteiger partial charge in [0.05, 0.1) is 18.3 Å². The number of alkyl halides is 3. The number of benzene rings is 1. The molecule has 0 radical (unpaired) electrons. The van der Waals surface area contributed by atoms with Crippen LogP contribution in [0.25, 0.3) is 0 Å². The molecule has 1 aliphatic rings. The number of thioether (sulfide) groups is 1. The van der Waals surface area contributed by atoms with E-state index in [1.165, 1.54) is 6.07 Å². The standard InChI is InChI=1S/C14H18F3NO2S/c15-14(16,17)13-5-12(21-8-11(20)7-19)4-1-9(13)6-18-10-2-3-10/h1,4-5,10-11,18-20H,2-3,6-8H2. The van der Waals surface area contributed by atoms with Crippen molar-refractivity contribution in [2.45, 2.75) is 42.6 Å². The van der Waals surface area contributed by atoms with Gasteiger partial charge in [0.2, 0.25) is 0 Å². The molecule has 1 aromatic rings. The number of hydrogen-bond donors (Lipinski definition) is 3. The van der Waals surface area contributed by atoms with Gasteiger partial charge in [0.15, 0.2) is 0 Å². The molecule has 1 unspecified atom stereocenters. The van der Waals surface area contributed by atoms with E-state index in [1.807, 2.05) is 0 Å². The van der Waals surface area contributed by atoms with Crippen LogP contribution in [-0.4, -0.2) is 34.7 Å². The first kappa shape index (κ1) is 16.6. The highest BCUT2D eigenvalue weighted by Gasteiger charge is 2.34. The Morgan fingerprint density at radius 3 is 2.62 bits per heavy atom. The fraction of sp³-hybridized carbons (Fsp3) is 0.571. The van der Waals surface area contributed by atoms with Gasteiger partial charge in [-0.15, -0.1) is 11.8 Å². The van der Waals surface area contributed by atoms with E-state index in [9.17, 15) is 18.3 Å². The zero-order chi connectivity index (χ0) is 15.5. The van der Waals surface area contributed by atoms with Crippen molar-refractivity contribution >= 4 is 11.8 Å². The first-order valence-electron chi connectivity index (χ1n) is 6.75. The van der Waals surface area contributed by atoms with Crippen LogP contribution in [-0.2, 0) is 12.7 Å². The summed E-state index contributed by atoms with van der Waals surface area (Å²) in [6, 6.07) is 4.55. The van der Waals surface area contributed by atoms with Gasteiger partial charge in [0.25, 0.3) is 0 Å². The van der Waals surface area contributed by atoms with E-state index in [4.69, 9.17) is 5.11 Å². The number of halogens is 3. The van der Waals surface area contributed by atoms with E-state index in [1.54, 1.807) is 6.07 Å². The van der Waals surface area contributed by atoms with Gasteiger partial charge in [-0.05, 0) is 30.5 Å². The molecule has 0 aromatic heterocycles. The van der Waals surface area contributed by atoms with Gasteiger partial charge in [0.1, 0.15) is 0 Å². The lowest BCUT2D eigenvalue weighted by atomic mass is 10.1. The summed E-state index contributed by atoms with van der Waals surface area (Å²) < 4.78 is 39.3. The molecule has 3 nitrogen and oxygen atoms in total. The molecule has 2 rings (SSSR count). The van der Waals surface area contributed by atoms with Gasteiger partial charge in [-0.3, -0.25) is 0 Å². The Balaban J connectivity index is 2.09. The van der Waals surface area contributed by atoms with Gasteiger partial charge >= 0.3 is 6.18 Å². The zero-order valence-corrected chi connectivity index (χ0v) is 12.2. The minimum atomic E-state index is -4.40. The second kappa shape index (κ2) is 7.00. The fourth-order valence-corrected chi connectivity index (χ4v) is 2.71. The molecule has 1 aromatic carbocycles. The molecule has 0 bridgehead atoms. The molecule has 0 saturated heterocycles. The molecule has 3 N–H and O–H groups in total. The largest absolute Gasteiger partial charge is 0.416 e. The molecule has 1 aliphatic carbocycles. The van der Waals surface area contributed by atoms with Crippen LogP contribution in [0.4, 0.5) is 13.2 Å². The Bertz CT molecular complexity index is 478. The monoisotopic (exact) mass is 321 g/mol. The van der Waals surface area contributed by atoms with Crippen LogP contribution in [0.3, 0.4) is 0 Å². The van der Waals surface area contributed by atoms with Crippen LogP contribution in [0.15, 0.2) is 23.1 Å². The highest BCUT2D eigenvalue weighted by Crippen LogP contribution is 2.35. The van der Waals surface area contributed by atoms with Crippen molar-refractivity contribution in [3.8, 4) is 0 Å². The van der Waals surface area contributed by atoms with E-state index in [-0.39, 0.29) is 17.9 Å². The van der Waals surface area contributed by atoms with Crippen LogP contribution >= 0.6 is 11.8 Å². The highest BCUT2D eigenvalue weighted by molar-refractivity contribution is 7.99. The summed E-state index contributed by atoms with van der Waals surface area (Å²) in [7, 11) is 0. The second-order valence-corrected chi connectivity index (χ2v) is 6.21. The van der Waals surface area contributed by atoms with Crippen molar-refractivity contribution < 1.29 is 23.4 Å². The Morgan fingerprint density at radius 2 is 2.05 bits per heavy atom. The van der Waals surface area contributed by atoms with E-state index in [0.717, 1.165) is 30.7 Å². The van der Waals surface area contributed by atoms with Gasteiger partial charge in [0, 0.05) is 23.2 Å². The first-order valence-corrected chi connectivity index (χ1v) is 7.74. The number of hydrogen-bond acceptors (Lipinski definition) is 4. The van der Waals surface area contributed by atoms with Gasteiger partial charge in [-0.1, -0.05) is 6.07 Å². The molecule has 0 aliphatic heterocycles. The minimum absolute atomic E-state index is 0.160. The SMILES string of the molecule is OCC(O)CSc1ccc(CNC2CC2)c(C(F)(F)F)c1. The number of aliphatic hydroxyl groups excluding tert-OH is 2. The van der Waals surface area contributed by atoms with Crippen molar-refractivity contribution in [1.29, 1.82) is 0 Å².